The standard InChI is InChI=1S/C15H24N2O2S/c18-12(11-17-5-7-19-8-6-17)10-16-14-2-1-3-15-13(14)4-9-20-15/h4,9,12,14,16,18H,1-3,5-8,10-11H2. The van der Waals surface area contributed by atoms with Crippen molar-refractivity contribution in [2.24, 2.45) is 0 Å². The number of aryl methyl sites for hydroxylation is 1. The van der Waals surface area contributed by atoms with E-state index in [0.29, 0.717) is 12.6 Å². The van der Waals surface area contributed by atoms with Crippen molar-refractivity contribution in [1.82, 2.24) is 10.2 Å². The summed E-state index contributed by atoms with van der Waals surface area (Å²) in [5.41, 5.74) is 1.46. The highest BCUT2D eigenvalue weighted by Gasteiger charge is 2.22. The second kappa shape index (κ2) is 7.00. The molecular weight excluding hydrogens is 272 g/mol. The summed E-state index contributed by atoms with van der Waals surface area (Å²) in [4.78, 5) is 3.81. The Labute approximate surface area is 124 Å². The number of hydrogen-bond donors (Lipinski definition) is 2. The Kier molecular flexibility index (Phi) is 5.07. The van der Waals surface area contributed by atoms with Crippen LogP contribution in [0.15, 0.2) is 11.4 Å². The summed E-state index contributed by atoms with van der Waals surface area (Å²) in [7, 11) is 0. The fourth-order valence-corrected chi connectivity index (χ4v) is 4.11. The van der Waals surface area contributed by atoms with Gasteiger partial charge in [-0.3, -0.25) is 4.90 Å². The maximum atomic E-state index is 10.2. The van der Waals surface area contributed by atoms with Gasteiger partial charge in [0.1, 0.15) is 0 Å². The number of aliphatic hydroxyl groups is 1. The molecule has 1 aromatic heterocycles. The first-order valence-electron chi connectivity index (χ1n) is 7.61. The third-order valence-electron chi connectivity index (χ3n) is 4.22. The van der Waals surface area contributed by atoms with Gasteiger partial charge >= 0.3 is 0 Å². The number of β-amino-alcohol motifs (C(OH)–C–C–N with tert-alkyl or cyclic N) is 1. The van der Waals surface area contributed by atoms with Gasteiger partial charge in [-0.2, -0.15) is 0 Å². The normalized spacial score (nSPS) is 25.4. The molecule has 20 heavy (non-hydrogen) atoms. The molecule has 2 aliphatic rings. The minimum absolute atomic E-state index is 0.294. The van der Waals surface area contributed by atoms with Crippen LogP contribution in [0.5, 0.6) is 0 Å². The van der Waals surface area contributed by atoms with Gasteiger partial charge in [0, 0.05) is 37.1 Å². The van der Waals surface area contributed by atoms with Crippen molar-refractivity contribution >= 4 is 11.3 Å². The quantitative estimate of drug-likeness (QED) is 0.862. The molecule has 2 heterocycles. The average molecular weight is 296 g/mol. The summed E-state index contributed by atoms with van der Waals surface area (Å²) in [5.74, 6) is 0. The van der Waals surface area contributed by atoms with Gasteiger partial charge < -0.3 is 15.2 Å². The lowest BCUT2D eigenvalue weighted by atomic mass is 9.94. The zero-order valence-corrected chi connectivity index (χ0v) is 12.7. The average Bonchev–Trinajstić information content (AvgIpc) is 2.95. The first-order valence-corrected chi connectivity index (χ1v) is 8.48. The molecule has 0 radical (unpaired) electrons. The number of thiophene rings is 1. The minimum atomic E-state index is -0.294. The molecule has 5 heteroatoms. The van der Waals surface area contributed by atoms with Gasteiger partial charge in [-0.05, 0) is 36.3 Å². The van der Waals surface area contributed by atoms with Crippen LogP contribution in [0.1, 0.15) is 29.3 Å². The molecule has 1 fully saturated rings. The van der Waals surface area contributed by atoms with Crippen LogP contribution in [0.3, 0.4) is 0 Å². The topological polar surface area (TPSA) is 44.7 Å². The fraction of sp³-hybridized carbons (Fsp3) is 0.733. The van der Waals surface area contributed by atoms with Gasteiger partial charge in [0.2, 0.25) is 0 Å². The van der Waals surface area contributed by atoms with Crippen LogP contribution in [-0.4, -0.2) is 55.5 Å². The number of fused-ring (bicyclic) bond motifs is 1. The summed E-state index contributed by atoms with van der Waals surface area (Å²) in [6.45, 7) is 4.89. The molecule has 0 aromatic carbocycles. The number of hydrogen-bond acceptors (Lipinski definition) is 5. The number of nitrogens with one attached hydrogen (secondary N) is 1. The third kappa shape index (κ3) is 3.59. The zero-order chi connectivity index (χ0) is 13.8. The van der Waals surface area contributed by atoms with Gasteiger partial charge in [0.05, 0.1) is 19.3 Å². The largest absolute Gasteiger partial charge is 0.390 e. The van der Waals surface area contributed by atoms with Crippen molar-refractivity contribution < 1.29 is 9.84 Å². The van der Waals surface area contributed by atoms with E-state index < -0.39 is 0 Å². The van der Waals surface area contributed by atoms with Crippen molar-refractivity contribution in [1.29, 1.82) is 0 Å². The van der Waals surface area contributed by atoms with Crippen LogP contribution in [0.4, 0.5) is 0 Å². The van der Waals surface area contributed by atoms with Crippen molar-refractivity contribution in [2.45, 2.75) is 31.4 Å². The Hall–Kier alpha value is -0.460. The lowest BCUT2D eigenvalue weighted by Crippen LogP contribution is -2.44. The van der Waals surface area contributed by atoms with Crippen LogP contribution >= 0.6 is 11.3 Å². The van der Waals surface area contributed by atoms with Gasteiger partial charge in [0.15, 0.2) is 0 Å². The lowest BCUT2D eigenvalue weighted by molar-refractivity contribution is 0.0144. The molecule has 112 valence electrons. The Morgan fingerprint density at radius 3 is 3.15 bits per heavy atom. The number of nitrogens with zero attached hydrogens (tertiary/aromatic N) is 1. The van der Waals surface area contributed by atoms with Crippen LogP contribution in [-0.2, 0) is 11.2 Å². The van der Waals surface area contributed by atoms with Crippen LogP contribution in [0, 0.1) is 0 Å². The predicted octanol–water partition coefficient (Wildman–Crippen LogP) is 1.41. The van der Waals surface area contributed by atoms with E-state index in [2.05, 4.69) is 21.7 Å². The van der Waals surface area contributed by atoms with Crippen molar-refractivity contribution in [3.63, 3.8) is 0 Å². The first-order chi connectivity index (χ1) is 9.83. The summed E-state index contributed by atoms with van der Waals surface area (Å²) >= 11 is 1.87. The maximum absolute atomic E-state index is 10.2. The second-order valence-corrected chi connectivity index (χ2v) is 6.72. The number of aliphatic hydroxyl groups excluding tert-OH is 1. The highest BCUT2D eigenvalue weighted by molar-refractivity contribution is 7.10. The highest BCUT2D eigenvalue weighted by atomic mass is 32.1. The molecule has 0 spiro atoms. The zero-order valence-electron chi connectivity index (χ0n) is 11.9. The molecule has 2 N–H and O–H groups in total. The van der Waals surface area contributed by atoms with E-state index in [0.717, 1.165) is 32.8 Å². The van der Waals surface area contributed by atoms with Gasteiger partial charge in [0.25, 0.3) is 0 Å². The first kappa shape index (κ1) is 14.5. The third-order valence-corrected chi connectivity index (χ3v) is 5.22. The molecule has 0 saturated carbocycles. The molecule has 1 aliphatic heterocycles. The van der Waals surface area contributed by atoms with Crippen LogP contribution < -0.4 is 5.32 Å². The van der Waals surface area contributed by atoms with Gasteiger partial charge in [-0.1, -0.05) is 0 Å². The molecule has 1 saturated heterocycles. The monoisotopic (exact) mass is 296 g/mol. The Balaban J connectivity index is 1.45. The Morgan fingerprint density at radius 2 is 2.30 bits per heavy atom. The molecule has 2 unspecified atom stereocenters. The van der Waals surface area contributed by atoms with E-state index in [-0.39, 0.29) is 6.10 Å². The number of ether oxygens (including phenoxy) is 1. The van der Waals surface area contributed by atoms with Gasteiger partial charge in [-0.15, -0.1) is 11.3 Å². The van der Waals surface area contributed by atoms with E-state index in [1.807, 2.05) is 11.3 Å². The van der Waals surface area contributed by atoms with E-state index in [1.54, 1.807) is 0 Å². The van der Waals surface area contributed by atoms with Crippen molar-refractivity contribution in [2.75, 3.05) is 39.4 Å². The summed E-state index contributed by atoms with van der Waals surface area (Å²) in [5, 5.41) is 15.9. The highest BCUT2D eigenvalue weighted by Crippen LogP contribution is 2.33. The molecule has 1 aliphatic carbocycles. The van der Waals surface area contributed by atoms with Crippen molar-refractivity contribution in [3.05, 3.63) is 21.9 Å². The number of rotatable bonds is 5. The van der Waals surface area contributed by atoms with E-state index in [9.17, 15) is 5.11 Å². The Bertz CT molecular complexity index is 418. The second-order valence-electron chi connectivity index (χ2n) is 5.72. The molecule has 0 bridgehead atoms. The maximum Gasteiger partial charge on any atom is 0.0791 e. The smallest absolute Gasteiger partial charge is 0.0791 e. The van der Waals surface area contributed by atoms with Crippen LogP contribution in [0.25, 0.3) is 0 Å². The van der Waals surface area contributed by atoms with E-state index in [1.165, 1.54) is 29.7 Å². The fourth-order valence-electron chi connectivity index (χ4n) is 3.12. The van der Waals surface area contributed by atoms with Crippen molar-refractivity contribution in [3.8, 4) is 0 Å². The van der Waals surface area contributed by atoms with Gasteiger partial charge in [-0.25, -0.2) is 0 Å². The van der Waals surface area contributed by atoms with E-state index >= 15 is 0 Å². The molecule has 0 amide bonds. The summed E-state index contributed by atoms with van der Waals surface area (Å²) in [6, 6.07) is 2.68. The Morgan fingerprint density at radius 1 is 1.45 bits per heavy atom. The molecule has 4 nitrogen and oxygen atoms in total. The lowest BCUT2D eigenvalue weighted by Gasteiger charge is -2.30. The summed E-state index contributed by atoms with van der Waals surface area (Å²) in [6.07, 6.45) is 3.37. The minimum Gasteiger partial charge on any atom is -0.390 e. The molecule has 2 atom stereocenters. The number of morpholine rings is 1. The molecule has 3 rings (SSSR count). The predicted molar refractivity (Wildman–Crippen MR) is 81.3 cm³/mol. The summed E-state index contributed by atoms with van der Waals surface area (Å²) < 4.78 is 5.33. The van der Waals surface area contributed by atoms with Crippen LogP contribution in [0.2, 0.25) is 0 Å². The molecule has 1 aromatic rings. The van der Waals surface area contributed by atoms with E-state index in [4.69, 9.17) is 4.74 Å². The molecular formula is C15H24N2O2S. The SMILES string of the molecule is OC(CNC1CCCc2sccc21)CN1CCOCC1.